The summed E-state index contributed by atoms with van der Waals surface area (Å²) in [7, 11) is 0. The van der Waals surface area contributed by atoms with Crippen LogP contribution in [-0.2, 0) is 5.41 Å². The summed E-state index contributed by atoms with van der Waals surface area (Å²) >= 11 is 0. The molecule has 0 N–H and O–H groups in total. The summed E-state index contributed by atoms with van der Waals surface area (Å²) in [6.07, 6.45) is 6.03. The number of allylic oxidation sites excluding steroid dienone is 1. The second-order valence-corrected chi connectivity index (χ2v) is 15.1. The number of fused-ring (bicyclic) bond motifs is 11. The van der Waals surface area contributed by atoms with Gasteiger partial charge in [0.1, 0.15) is 0 Å². The van der Waals surface area contributed by atoms with E-state index in [0.29, 0.717) is 17.5 Å². The Hall–Kier alpha value is -7.49. The van der Waals surface area contributed by atoms with E-state index in [0.717, 1.165) is 44.3 Å². The lowest BCUT2D eigenvalue weighted by molar-refractivity contribution is 0.794. The summed E-state index contributed by atoms with van der Waals surface area (Å²) in [6.45, 7) is 6.08. The summed E-state index contributed by atoms with van der Waals surface area (Å²) in [5.41, 5.74) is 17.1. The van der Waals surface area contributed by atoms with Gasteiger partial charge in [-0.1, -0.05) is 189 Å². The van der Waals surface area contributed by atoms with Crippen LogP contribution in [-0.4, -0.2) is 15.0 Å². The predicted octanol–water partition coefficient (Wildman–Crippen LogP) is 13.7. The minimum Gasteiger partial charge on any atom is -0.208 e. The van der Waals surface area contributed by atoms with Gasteiger partial charge in [-0.3, -0.25) is 0 Å². The summed E-state index contributed by atoms with van der Waals surface area (Å²) < 4.78 is 0. The van der Waals surface area contributed by atoms with E-state index >= 15 is 0 Å². The zero-order valence-corrected chi connectivity index (χ0v) is 32.0. The summed E-state index contributed by atoms with van der Waals surface area (Å²) in [5, 5.41) is 2.31. The summed E-state index contributed by atoms with van der Waals surface area (Å²) in [6, 6.07) is 63.5. The molecule has 0 saturated carbocycles. The van der Waals surface area contributed by atoms with Crippen LogP contribution in [0.2, 0.25) is 0 Å². The van der Waals surface area contributed by atoms with Crippen LogP contribution in [0.15, 0.2) is 189 Å². The first-order chi connectivity index (χ1) is 28.7. The summed E-state index contributed by atoms with van der Waals surface area (Å²) in [5.74, 6) is 1.87. The van der Waals surface area contributed by atoms with Crippen molar-refractivity contribution in [3.63, 3.8) is 0 Å². The van der Waals surface area contributed by atoms with E-state index in [9.17, 15) is 0 Å². The molecule has 11 rings (SSSR count). The van der Waals surface area contributed by atoms with Crippen molar-refractivity contribution in [1.82, 2.24) is 15.0 Å². The Kier molecular flexibility index (Phi) is 7.77. The number of aromatic nitrogens is 3. The zero-order valence-electron chi connectivity index (χ0n) is 32.0. The first-order valence-electron chi connectivity index (χ1n) is 19.8. The number of hydrogen-bond donors (Lipinski definition) is 0. The van der Waals surface area contributed by atoms with Crippen molar-refractivity contribution >= 4 is 22.9 Å². The van der Waals surface area contributed by atoms with Crippen molar-refractivity contribution < 1.29 is 0 Å². The molecule has 0 amide bonds. The average Bonchev–Trinajstić information content (AvgIpc) is 3.76. The molecule has 0 fully saturated rings. The highest BCUT2D eigenvalue weighted by Gasteiger charge is 2.52. The van der Waals surface area contributed by atoms with Gasteiger partial charge < -0.3 is 0 Å². The van der Waals surface area contributed by atoms with E-state index in [1.165, 1.54) is 49.9 Å². The topological polar surface area (TPSA) is 38.7 Å². The van der Waals surface area contributed by atoms with Gasteiger partial charge in [0.25, 0.3) is 0 Å². The van der Waals surface area contributed by atoms with Gasteiger partial charge in [0.15, 0.2) is 17.5 Å². The van der Waals surface area contributed by atoms with E-state index in [1.54, 1.807) is 0 Å². The Morgan fingerprint density at radius 3 is 1.62 bits per heavy atom. The Labute approximate surface area is 338 Å². The van der Waals surface area contributed by atoms with Crippen molar-refractivity contribution in [1.29, 1.82) is 0 Å². The SMILES string of the molecule is C=Cc1ccc(-c2nc(-c3ccc4ccccc4c3)nc(-c3ccccc3-c3cccc4c3-c3ccccc3C43c4ccccc4-c4ccccc43)n2)cc1/C=C\C. The number of benzene rings is 8. The fourth-order valence-electron chi connectivity index (χ4n) is 9.59. The van der Waals surface area contributed by atoms with Gasteiger partial charge in [-0.15, -0.1) is 0 Å². The standard InChI is InChI=1S/C55H37N3/c1-3-16-37-33-39(31-29-35(37)4-2)52-56-53(40-32-30-36-17-5-6-18-38(36)34-40)58-54(57-52)45-22-8-7-19-41(45)44-24-15-28-50-51(44)46-23-11-14-27-49(46)55(50)47-25-12-9-20-42(47)43-21-10-13-26-48(43)55/h3-34H,2H2,1H3/b16-3-. The largest absolute Gasteiger partial charge is 0.208 e. The van der Waals surface area contributed by atoms with Crippen molar-refractivity contribution in [3.8, 4) is 67.5 Å². The molecule has 0 bridgehead atoms. The maximum absolute atomic E-state index is 5.30. The highest BCUT2D eigenvalue weighted by Crippen LogP contribution is 2.64. The van der Waals surface area contributed by atoms with E-state index in [-0.39, 0.29) is 0 Å². The maximum Gasteiger partial charge on any atom is 0.164 e. The molecule has 2 aliphatic carbocycles. The molecule has 272 valence electrons. The quantitative estimate of drug-likeness (QED) is 0.170. The molecule has 3 nitrogen and oxygen atoms in total. The van der Waals surface area contributed by atoms with Crippen molar-refractivity contribution in [2.45, 2.75) is 12.3 Å². The van der Waals surface area contributed by atoms with E-state index < -0.39 is 5.41 Å². The normalized spacial score (nSPS) is 13.1. The van der Waals surface area contributed by atoms with Crippen molar-refractivity contribution in [2.75, 3.05) is 0 Å². The average molecular weight is 740 g/mol. The zero-order chi connectivity index (χ0) is 38.8. The van der Waals surface area contributed by atoms with Crippen LogP contribution in [0.3, 0.4) is 0 Å². The third-order valence-electron chi connectivity index (χ3n) is 12.0. The van der Waals surface area contributed by atoms with E-state index in [4.69, 9.17) is 15.0 Å². The second-order valence-electron chi connectivity index (χ2n) is 15.1. The molecule has 9 aromatic rings. The van der Waals surface area contributed by atoms with Crippen LogP contribution in [0.5, 0.6) is 0 Å². The van der Waals surface area contributed by atoms with Crippen LogP contribution in [0.1, 0.15) is 40.3 Å². The minimum atomic E-state index is -0.435. The van der Waals surface area contributed by atoms with Crippen LogP contribution < -0.4 is 0 Å². The highest BCUT2D eigenvalue weighted by atomic mass is 15.0. The van der Waals surface area contributed by atoms with Crippen LogP contribution in [0.25, 0.3) is 90.5 Å². The molecule has 0 aliphatic heterocycles. The summed E-state index contributed by atoms with van der Waals surface area (Å²) in [4.78, 5) is 15.8. The molecule has 1 heterocycles. The smallest absolute Gasteiger partial charge is 0.164 e. The van der Waals surface area contributed by atoms with Crippen LogP contribution >= 0.6 is 0 Å². The molecule has 0 atom stereocenters. The fourth-order valence-corrected chi connectivity index (χ4v) is 9.59. The first-order valence-corrected chi connectivity index (χ1v) is 19.8. The third kappa shape index (κ3) is 4.96. The number of rotatable bonds is 6. The number of nitrogens with zero attached hydrogens (tertiary/aromatic N) is 3. The van der Waals surface area contributed by atoms with E-state index in [1.807, 2.05) is 19.1 Å². The molecule has 58 heavy (non-hydrogen) atoms. The van der Waals surface area contributed by atoms with E-state index in [2.05, 4.69) is 189 Å². The number of hydrogen-bond acceptors (Lipinski definition) is 3. The molecule has 0 saturated heterocycles. The molecule has 8 aromatic carbocycles. The minimum absolute atomic E-state index is 0.435. The molecule has 2 aliphatic rings. The van der Waals surface area contributed by atoms with Crippen molar-refractivity contribution in [2.24, 2.45) is 0 Å². The molecule has 1 aromatic heterocycles. The van der Waals surface area contributed by atoms with Gasteiger partial charge >= 0.3 is 0 Å². The second kappa shape index (κ2) is 13.3. The van der Waals surface area contributed by atoms with Crippen LogP contribution in [0.4, 0.5) is 0 Å². The third-order valence-corrected chi connectivity index (χ3v) is 12.0. The Morgan fingerprint density at radius 2 is 0.931 bits per heavy atom. The van der Waals surface area contributed by atoms with Gasteiger partial charge in [-0.25, -0.2) is 15.0 Å². The molecule has 3 heteroatoms. The van der Waals surface area contributed by atoms with Crippen LogP contribution in [0, 0.1) is 0 Å². The molecule has 1 spiro atoms. The molecular formula is C55H37N3. The Morgan fingerprint density at radius 1 is 0.414 bits per heavy atom. The fraction of sp³-hybridized carbons (Fsp3) is 0.0364. The lowest BCUT2D eigenvalue weighted by Gasteiger charge is -2.30. The van der Waals surface area contributed by atoms with Gasteiger partial charge in [0, 0.05) is 16.7 Å². The van der Waals surface area contributed by atoms with Crippen molar-refractivity contribution in [3.05, 3.63) is 222 Å². The molecule has 0 unspecified atom stereocenters. The van der Waals surface area contributed by atoms with Gasteiger partial charge in [-0.05, 0) is 96.6 Å². The molecule has 0 radical (unpaired) electrons. The molecular weight excluding hydrogens is 703 g/mol. The maximum atomic E-state index is 5.30. The Bertz CT molecular complexity index is 3120. The highest BCUT2D eigenvalue weighted by molar-refractivity contribution is 6.01. The lowest BCUT2D eigenvalue weighted by Crippen LogP contribution is -2.25. The van der Waals surface area contributed by atoms with Gasteiger partial charge in [0.05, 0.1) is 5.41 Å². The first kappa shape index (κ1) is 33.8. The van der Waals surface area contributed by atoms with Gasteiger partial charge in [0.2, 0.25) is 0 Å². The predicted molar refractivity (Wildman–Crippen MR) is 240 cm³/mol. The monoisotopic (exact) mass is 739 g/mol. The Balaban J connectivity index is 1.16. The van der Waals surface area contributed by atoms with Gasteiger partial charge in [-0.2, -0.15) is 0 Å². The lowest BCUT2D eigenvalue weighted by atomic mass is 9.70.